The van der Waals surface area contributed by atoms with Crippen LogP contribution in [-0.4, -0.2) is 17.6 Å². The highest BCUT2D eigenvalue weighted by molar-refractivity contribution is 5.15. The van der Waals surface area contributed by atoms with Gasteiger partial charge in [-0.25, -0.2) is 0 Å². The Balaban J connectivity index is 2.76. The molecule has 0 aliphatic carbocycles. The molecule has 1 atom stereocenters. The van der Waals surface area contributed by atoms with Gasteiger partial charge in [0.2, 0.25) is 0 Å². The van der Waals surface area contributed by atoms with Gasteiger partial charge in [0.15, 0.2) is 0 Å². The molecule has 90 valence electrons. The van der Waals surface area contributed by atoms with Crippen LogP contribution in [0.1, 0.15) is 39.0 Å². The van der Waals surface area contributed by atoms with Crippen molar-refractivity contribution in [1.82, 2.24) is 10.3 Å². The number of nitrogens with zero attached hydrogens (tertiary/aromatic N) is 1. The normalized spacial score (nSPS) is 13.8. The first-order chi connectivity index (χ1) is 7.43. The summed E-state index contributed by atoms with van der Waals surface area (Å²) in [6, 6.07) is 4.70. The second kappa shape index (κ2) is 5.44. The average Bonchev–Trinajstić information content (AvgIpc) is 2.16. The first kappa shape index (κ1) is 13.2. The zero-order valence-corrected chi connectivity index (χ0v) is 11.2. The monoisotopic (exact) mass is 220 g/mol. The summed E-state index contributed by atoms with van der Waals surface area (Å²) < 4.78 is 0. The van der Waals surface area contributed by atoms with E-state index in [2.05, 4.69) is 51.0 Å². The predicted molar refractivity (Wildman–Crippen MR) is 69.6 cm³/mol. The van der Waals surface area contributed by atoms with Crippen molar-refractivity contribution in [1.29, 1.82) is 0 Å². The lowest BCUT2D eigenvalue weighted by Gasteiger charge is -2.31. The van der Waals surface area contributed by atoms with Crippen LogP contribution in [0.2, 0.25) is 0 Å². The smallest absolute Gasteiger partial charge is 0.0421 e. The zero-order chi connectivity index (χ0) is 12.2. The van der Waals surface area contributed by atoms with E-state index in [1.807, 2.05) is 12.3 Å². The molecule has 0 fully saturated rings. The molecule has 0 aromatic carbocycles. The van der Waals surface area contributed by atoms with Gasteiger partial charge < -0.3 is 5.32 Å². The summed E-state index contributed by atoms with van der Waals surface area (Å²) in [7, 11) is 0. The molecule has 1 N–H and O–H groups in total. The summed E-state index contributed by atoms with van der Waals surface area (Å²) in [5, 5.41) is 3.55. The molecule has 1 rings (SSSR count). The van der Waals surface area contributed by atoms with Crippen LogP contribution >= 0.6 is 0 Å². The zero-order valence-electron chi connectivity index (χ0n) is 11.2. The topological polar surface area (TPSA) is 24.9 Å². The van der Waals surface area contributed by atoms with Crippen LogP contribution < -0.4 is 5.32 Å². The van der Waals surface area contributed by atoms with Crippen molar-refractivity contribution in [3.05, 3.63) is 29.6 Å². The lowest BCUT2D eigenvalue weighted by Crippen LogP contribution is -2.42. The summed E-state index contributed by atoms with van der Waals surface area (Å²) in [6.45, 7) is 12.1. The molecule has 0 aliphatic heterocycles. The maximum Gasteiger partial charge on any atom is 0.0421 e. The van der Waals surface area contributed by atoms with Crippen molar-refractivity contribution >= 4 is 0 Å². The number of hydrogen-bond donors (Lipinski definition) is 1. The minimum atomic E-state index is 0.265. The molecule has 1 aromatic rings. The predicted octanol–water partition coefficient (Wildman–Crippen LogP) is 2.96. The summed E-state index contributed by atoms with van der Waals surface area (Å²) in [6.07, 6.45) is 2.90. The molecule has 2 nitrogen and oxygen atoms in total. The van der Waals surface area contributed by atoms with Crippen LogP contribution in [0, 0.1) is 12.3 Å². The Morgan fingerprint density at radius 1 is 1.38 bits per heavy atom. The molecule has 1 heterocycles. The maximum atomic E-state index is 4.44. The lowest BCUT2D eigenvalue weighted by atomic mass is 9.84. The van der Waals surface area contributed by atoms with Gasteiger partial charge in [-0.2, -0.15) is 0 Å². The highest BCUT2D eigenvalue weighted by atomic mass is 14.9. The fourth-order valence-electron chi connectivity index (χ4n) is 1.85. The molecule has 16 heavy (non-hydrogen) atoms. The quantitative estimate of drug-likeness (QED) is 0.844. The van der Waals surface area contributed by atoms with E-state index in [9.17, 15) is 0 Å². The number of rotatable bonds is 4. The second-order valence-electron chi connectivity index (χ2n) is 5.50. The Morgan fingerprint density at radius 3 is 2.56 bits per heavy atom. The van der Waals surface area contributed by atoms with Crippen molar-refractivity contribution in [3.8, 4) is 0 Å². The number of aromatic nitrogens is 1. The Kier molecular flexibility index (Phi) is 4.48. The van der Waals surface area contributed by atoms with Gasteiger partial charge in [0.25, 0.3) is 0 Å². The lowest BCUT2D eigenvalue weighted by molar-refractivity contribution is 0.268. The van der Waals surface area contributed by atoms with Crippen LogP contribution in [0.4, 0.5) is 0 Å². The Hall–Kier alpha value is -0.890. The third-order valence-corrected chi connectivity index (χ3v) is 2.88. The van der Waals surface area contributed by atoms with Crippen molar-refractivity contribution in [2.75, 3.05) is 6.54 Å². The minimum absolute atomic E-state index is 0.265. The summed E-state index contributed by atoms with van der Waals surface area (Å²) in [5.74, 6) is 0. The molecular formula is C14H24N2. The first-order valence-corrected chi connectivity index (χ1v) is 6.08. The van der Waals surface area contributed by atoms with Gasteiger partial charge in [-0.3, -0.25) is 4.98 Å². The molecule has 0 amide bonds. The molecule has 0 saturated carbocycles. The van der Waals surface area contributed by atoms with Crippen LogP contribution in [0.15, 0.2) is 18.3 Å². The number of likely N-dealkylation sites (N-methyl/N-ethyl adjacent to an activating group) is 1. The van der Waals surface area contributed by atoms with Gasteiger partial charge in [0, 0.05) is 24.4 Å². The van der Waals surface area contributed by atoms with E-state index >= 15 is 0 Å². The molecule has 2 heteroatoms. The SMILES string of the molecule is CCNC(Cc1cc(C)ccn1)C(C)(C)C. The van der Waals surface area contributed by atoms with Gasteiger partial charge >= 0.3 is 0 Å². The van der Waals surface area contributed by atoms with Crippen LogP contribution in [-0.2, 0) is 6.42 Å². The number of nitrogens with one attached hydrogen (secondary N) is 1. The average molecular weight is 220 g/mol. The largest absolute Gasteiger partial charge is 0.313 e. The second-order valence-corrected chi connectivity index (χ2v) is 5.50. The van der Waals surface area contributed by atoms with Gasteiger partial charge in [0.05, 0.1) is 0 Å². The molecule has 0 saturated heterocycles. The molecule has 0 aliphatic rings. The fourth-order valence-corrected chi connectivity index (χ4v) is 1.85. The molecule has 1 aromatic heterocycles. The number of pyridine rings is 1. The van der Waals surface area contributed by atoms with Gasteiger partial charge in [-0.1, -0.05) is 27.7 Å². The van der Waals surface area contributed by atoms with Crippen LogP contribution in [0.3, 0.4) is 0 Å². The molecular weight excluding hydrogens is 196 g/mol. The van der Waals surface area contributed by atoms with E-state index in [0.29, 0.717) is 6.04 Å². The van der Waals surface area contributed by atoms with Crippen molar-refractivity contribution in [2.45, 2.75) is 47.1 Å². The van der Waals surface area contributed by atoms with Crippen molar-refractivity contribution < 1.29 is 0 Å². The maximum absolute atomic E-state index is 4.44. The Morgan fingerprint density at radius 2 is 2.06 bits per heavy atom. The molecule has 0 radical (unpaired) electrons. The van der Waals surface area contributed by atoms with Gasteiger partial charge in [-0.15, -0.1) is 0 Å². The fraction of sp³-hybridized carbons (Fsp3) is 0.643. The van der Waals surface area contributed by atoms with E-state index in [0.717, 1.165) is 13.0 Å². The summed E-state index contributed by atoms with van der Waals surface area (Å²) in [5.41, 5.74) is 2.73. The molecule has 0 spiro atoms. The van der Waals surface area contributed by atoms with E-state index in [1.165, 1.54) is 11.3 Å². The summed E-state index contributed by atoms with van der Waals surface area (Å²) >= 11 is 0. The van der Waals surface area contributed by atoms with E-state index in [1.54, 1.807) is 0 Å². The number of hydrogen-bond acceptors (Lipinski definition) is 2. The third-order valence-electron chi connectivity index (χ3n) is 2.88. The highest BCUT2D eigenvalue weighted by Gasteiger charge is 2.24. The van der Waals surface area contributed by atoms with Crippen molar-refractivity contribution in [2.24, 2.45) is 5.41 Å². The molecule has 1 unspecified atom stereocenters. The minimum Gasteiger partial charge on any atom is -0.313 e. The van der Waals surface area contributed by atoms with Gasteiger partial charge in [0.1, 0.15) is 0 Å². The van der Waals surface area contributed by atoms with E-state index in [4.69, 9.17) is 0 Å². The summed E-state index contributed by atoms with van der Waals surface area (Å²) in [4.78, 5) is 4.44. The van der Waals surface area contributed by atoms with E-state index in [-0.39, 0.29) is 5.41 Å². The standard InChI is InChI=1S/C14H24N2/c1-6-15-13(14(3,4)5)10-12-9-11(2)7-8-16-12/h7-9,13,15H,6,10H2,1-5H3. The van der Waals surface area contributed by atoms with E-state index < -0.39 is 0 Å². The van der Waals surface area contributed by atoms with Gasteiger partial charge in [-0.05, 0) is 36.6 Å². The first-order valence-electron chi connectivity index (χ1n) is 6.08. The number of aryl methyl sites for hydroxylation is 1. The van der Waals surface area contributed by atoms with Crippen molar-refractivity contribution in [3.63, 3.8) is 0 Å². The highest BCUT2D eigenvalue weighted by Crippen LogP contribution is 2.22. The van der Waals surface area contributed by atoms with Crippen LogP contribution in [0.25, 0.3) is 0 Å². The Labute approximate surface area is 99.5 Å². The third kappa shape index (κ3) is 3.93. The Bertz CT molecular complexity index is 326. The molecule has 0 bridgehead atoms. The van der Waals surface area contributed by atoms with Crippen LogP contribution in [0.5, 0.6) is 0 Å².